The van der Waals surface area contributed by atoms with Crippen molar-refractivity contribution in [3.8, 4) is 0 Å². The SMILES string of the molecule is CN1CCC(N(C)C(=O)c2ccc(I)cc2)CC1.CNC1CCN(C)CC1.O=C(O)c1ccc(I)cc1. The summed E-state index contributed by atoms with van der Waals surface area (Å²) in [6, 6.07) is 15.7. The molecule has 2 aromatic carbocycles. The van der Waals surface area contributed by atoms with Gasteiger partial charge in [-0.2, -0.15) is 0 Å². The van der Waals surface area contributed by atoms with E-state index >= 15 is 0 Å². The Labute approximate surface area is 249 Å². The Morgan fingerprint density at radius 1 is 0.811 bits per heavy atom. The number of piperidine rings is 2. The molecule has 2 N–H and O–H groups in total. The number of likely N-dealkylation sites (tertiary alicyclic amines) is 2. The van der Waals surface area contributed by atoms with Crippen LogP contribution in [0.4, 0.5) is 0 Å². The largest absolute Gasteiger partial charge is 0.478 e. The molecule has 0 unspecified atom stereocenters. The van der Waals surface area contributed by atoms with Crippen molar-refractivity contribution in [2.45, 2.75) is 37.8 Å². The molecule has 0 spiro atoms. The van der Waals surface area contributed by atoms with E-state index in [1.54, 1.807) is 24.3 Å². The van der Waals surface area contributed by atoms with E-state index < -0.39 is 5.97 Å². The molecule has 4 rings (SSSR count). The maximum absolute atomic E-state index is 12.3. The third kappa shape index (κ3) is 11.6. The summed E-state index contributed by atoms with van der Waals surface area (Å²) in [5.41, 5.74) is 1.12. The number of nitrogens with zero attached hydrogens (tertiary/aromatic N) is 3. The molecule has 2 aliphatic heterocycles. The number of carbonyl (C=O) groups is 2. The smallest absolute Gasteiger partial charge is 0.335 e. The maximum atomic E-state index is 12.3. The van der Waals surface area contributed by atoms with E-state index in [2.05, 4.69) is 81.4 Å². The monoisotopic (exact) mass is 734 g/mol. The summed E-state index contributed by atoms with van der Waals surface area (Å²) in [7, 11) is 8.30. The number of halogens is 2. The molecular weight excluding hydrogens is 694 g/mol. The lowest BCUT2D eigenvalue weighted by molar-refractivity contribution is 0.0657. The third-order valence-electron chi connectivity index (χ3n) is 6.87. The van der Waals surface area contributed by atoms with Gasteiger partial charge in [0.15, 0.2) is 0 Å². The zero-order valence-corrected chi connectivity index (χ0v) is 26.6. The Morgan fingerprint density at radius 2 is 1.22 bits per heavy atom. The van der Waals surface area contributed by atoms with Crippen molar-refractivity contribution in [3.63, 3.8) is 0 Å². The molecule has 0 aliphatic carbocycles. The topological polar surface area (TPSA) is 76.1 Å². The van der Waals surface area contributed by atoms with E-state index in [0.29, 0.717) is 11.6 Å². The third-order valence-corrected chi connectivity index (χ3v) is 8.30. The second-order valence-electron chi connectivity index (χ2n) is 9.64. The molecule has 7 nitrogen and oxygen atoms in total. The highest BCUT2D eigenvalue weighted by Gasteiger charge is 2.24. The Balaban J connectivity index is 0.000000214. The standard InChI is InChI=1S/C14H19IN2O.C7H5IO2.C7H16N2/c1-16-9-7-13(8-10-16)17(2)14(18)11-3-5-12(15)6-4-11;8-6-3-1-5(2-4-6)7(9)10;1-8-7-3-5-9(2)6-4-7/h3-6,13H,7-10H2,1-2H3;1-4H,(H,9,10);7-8H,3-6H2,1-2H3. The van der Waals surface area contributed by atoms with Crippen molar-refractivity contribution in [2.75, 3.05) is 54.4 Å². The quantitative estimate of drug-likeness (QED) is 0.443. The number of hydrogen-bond acceptors (Lipinski definition) is 5. The molecule has 204 valence electrons. The predicted octanol–water partition coefficient (Wildman–Crippen LogP) is 4.75. The van der Waals surface area contributed by atoms with Crippen LogP contribution in [0.25, 0.3) is 0 Å². The molecule has 0 aromatic heterocycles. The number of rotatable bonds is 4. The van der Waals surface area contributed by atoms with Crippen LogP contribution in [0.15, 0.2) is 48.5 Å². The first-order valence-electron chi connectivity index (χ1n) is 12.7. The summed E-state index contributed by atoms with van der Waals surface area (Å²) < 4.78 is 2.20. The van der Waals surface area contributed by atoms with E-state index in [0.717, 1.165) is 44.7 Å². The highest BCUT2D eigenvalue weighted by Crippen LogP contribution is 2.17. The molecule has 37 heavy (non-hydrogen) atoms. The van der Waals surface area contributed by atoms with Crippen molar-refractivity contribution >= 4 is 57.1 Å². The number of amides is 1. The average Bonchev–Trinajstić information content (AvgIpc) is 2.90. The molecule has 0 bridgehead atoms. The van der Waals surface area contributed by atoms with Gasteiger partial charge in [0, 0.05) is 31.8 Å². The van der Waals surface area contributed by atoms with E-state index in [-0.39, 0.29) is 5.91 Å². The van der Waals surface area contributed by atoms with Gasteiger partial charge in [0.05, 0.1) is 5.56 Å². The maximum Gasteiger partial charge on any atom is 0.335 e. The zero-order chi connectivity index (χ0) is 27.4. The van der Waals surface area contributed by atoms with Gasteiger partial charge in [-0.25, -0.2) is 4.79 Å². The number of carboxylic acids is 1. The van der Waals surface area contributed by atoms with E-state index in [4.69, 9.17) is 5.11 Å². The fourth-order valence-corrected chi connectivity index (χ4v) is 4.95. The molecule has 1 amide bonds. The summed E-state index contributed by atoms with van der Waals surface area (Å²) >= 11 is 4.38. The summed E-state index contributed by atoms with van der Waals surface area (Å²) in [6.07, 6.45) is 4.77. The summed E-state index contributed by atoms with van der Waals surface area (Å²) in [4.78, 5) is 29.3. The Morgan fingerprint density at radius 3 is 1.62 bits per heavy atom. The second-order valence-corrected chi connectivity index (χ2v) is 12.1. The number of aromatic carboxylic acids is 1. The van der Waals surface area contributed by atoms with Gasteiger partial charge in [0.2, 0.25) is 0 Å². The molecule has 2 heterocycles. The zero-order valence-electron chi connectivity index (χ0n) is 22.3. The van der Waals surface area contributed by atoms with Gasteiger partial charge in [0.25, 0.3) is 5.91 Å². The average molecular weight is 734 g/mol. The predicted molar refractivity (Wildman–Crippen MR) is 167 cm³/mol. The molecule has 2 fully saturated rings. The Kier molecular flexibility index (Phi) is 14.4. The molecule has 2 aliphatic rings. The van der Waals surface area contributed by atoms with Crippen molar-refractivity contribution in [1.29, 1.82) is 0 Å². The number of benzene rings is 2. The molecule has 2 aromatic rings. The lowest BCUT2D eigenvalue weighted by Crippen LogP contribution is -2.44. The number of carboxylic acid groups (broad SMARTS) is 1. The molecule has 9 heteroatoms. The van der Waals surface area contributed by atoms with E-state index in [1.807, 2.05) is 36.2 Å². The minimum absolute atomic E-state index is 0.140. The van der Waals surface area contributed by atoms with Gasteiger partial charge < -0.3 is 25.1 Å². The lowest BCUT2D eigenvalue weighted by atomic mass is 10.0. The first-order chi connectivity index (χ1) is 17.6. The normalized spacial score (nSPS) is 17.1. The van der Waals surface area contributed by atoms with Gasteiger partial charge in [-0.1, -0.05) is 0 Å². The molecule has 2 saturated heterocycles. The van der Waals surface area contributed by atoms with Crippen LogP contribution in [-0.4, -0.2) is 98.1 Å². The van der Waals surface area contributed by atoms with E-state index in [1.165, 1.54) is 25.9 Å². The summed E-state index contributed by atoms with van der Waals surface area (Å²) in [5.74, 6) is -0.739. The minimum Gasteiger partial charge on any atom is -0.478 e. The number of carbonyl (C=O) groups excluding carboxylic acids is 1. The van der Waals surface area contributed by atoms with Crippen LogP contribution in [0.2, 0.25) is 0 Å². The fourth-order valence-electron chi connectivity index (χ4n) is 4.23. The van der Waals surface area contributed by atoms with Crippen LogP contribution < -0.4 is 5.32 Å². The summed E-state index contributed by atoms with van der Waals surface area (Å²) in [6.45, 7) is 4.67. The van der Waals surface area contributed by atoms with Crippen molar-refractivity contribution in [3.05, 3.63) is 66.8 Å². The van der Waals surface area contributed by atoms with Crippen LogP contribution in [0, 0.1) is 7.14 Å². The lowest BCUT2D eigenvalue weighted by Gasteiger charge is -2.35. The number of hydrogen-bond donors (Lipinski definition) is 2. The van der Waals surface area contributed by atoms with Crippen LogP contribution in [0.1, 0.15) is 46.4 Å². The van der Waals surface area contributed by atoms with Crippen LogP contribution in [0.5, 0.6) is 0 Å². The van der Waals surface area contributed by atoms with Crippen LogP contribution >= 0.6 is 45.2 Å². The Hall–Kier alpha value is -1.28. The first-order valence-corrected chi connectivity index (χ1v) is 14.8. The van der Waals surface area contributed by atoms with Gasteiger partial charge in [-0.3, -0.25) is 4.79 Å². The van der Waals surface area contributed by atoms with Crippen molar-refractivity contribution < 1.29 is 14.7 Å². The molecule has 0 saturated carbocycles. The highest BCUT2D eigenvalue weighted by atomic mass is 127. The first kappa shape index (κ1) is 31.9. The molecule has 0 radical (unpaired) electrons. The van der Waals surface area contributed by atoms with Gasteiger partial charge in [0.1, 0.15) is 0 Å². The molecular formula is C28H40I2N4O3. The highest BCUT2D eigenvalue weighted by molar-refractivity contribution is 14.1. The van der Waals surface area contributed by atoms with Crippen LogP contribution in [0.3, 0.4) is 0 Å². The van der Waals surface area contributed by atoms with E-state index in [9.17, 15) is 9.59 Å². The van der Waals surface area contributed by atoms with Gasteiger partial charge in [-0.05, 0) is 167 Å². The van der Waals surface area contributed by atoms with Gasteiger partial charge in [-0.15, -0.1) is 0 Å². The number of nitrogens with one attached hydrogen (secondary N) is 1. The van der Waals surface area contributed by atoms with Crippen molar-refractivity contribution in [1.82, 2.24) is 20.0 Å². The fraction of sp³-hybridized carbons (Fsp3) is 0.500. The van der Waals surface area contributed by atoms with Crippen LogP contribution in [-0.2, 0) is 0 Å². The Bertz CT molecular complexity index is 956. The minimum atomic E-state index is -0.878. The summed E-state index contributed by atoms with van der Waals surface area (Å²) in [5, 5.41) is 11.8. The second kappa shape index (κ2) is 16.6. The molecule has 0 atom stereocenters. The van der Waals surface area contributed by atoms with Gasteiger partial charge >= 0.3 is 5.97 Å². The van der Waals surface area contributed by atoms with Crippen molar-refractivity contribution in [2.24, 2.45) is 0 Å².